The molecule has 0 aliphatic carbocycles. The Bertz CT molecular complexity index is 763. The molecule has 1 aromatic heterocycles. The summed E-state index contributed by atoms with van der Waals surface area (Å²) in [4.78, 5) is 0. The maximum Gasteiger partial charge on any atom is 0.123 e. The first-order chi connectivity index (χ1) is 10.2. The second kappa shape index (κ2) is 5.50. The van der Waals surface area contributed by atoms with E-state index in [2.05, 4.69) is 5.10 Å². The standard InChI is InChI=1S/C17H16FN3/c1-12-9-15(18)7-8-16(12)21-17(14(10-19)11-20-21)13-5-3-2-4-6-13/h2-9,11H,10,19H2,1H3. The molecular formula is C17H16FN3. The molecule has 106 valence electrons. The Morgan fingerprint density at radius 2 is 1.90 bits per heavy atom. The normalized spacial score (nSPS) is 10.8. The number of hydrogen-bond donors (Lipinski definition) is 1. The van der Waals surface area contributed by atoms with E-state index in [0.717, 1.165) is 28.1 Å². The van der Waals surface area contributed by atoms with Crippen LogP contribution < -0.4 is 5.73 Å². The monoisotopic (exact) mass is 281 g/mol. The minimum Gasteiger partial charge on any atom is -0.326 e. The molecule has 0 spiro atoms. The van der Waals surface area contributed by atoms with Crippen LogP contribution in [0, 0.1) is 12.7 Å². The van der Waals surface area contributed by atoms with Crippen LogP contribution in [0.15, 0.2) is 54.7 Å². The SMILES string of the molecule is Cc1cc(F)ccc1-n1ncc(CN)c1-c1ccccc1. The van der Waals surface area contributed by atoms with E-state index in [9.17, 15) is 4.39 Å². The zero-order chi connectivity index (χ0) is 14.8. The minimum absolute atomic E-state index is 0.247. The van der Waals surface area contributed by atoms with Gasteiger partial charge in [-0.3, -0.25) is 0 Å². The third kappa shape index (κ3) is 2.45. The van der Waals surface area contributed by atoms with E-state index in [-0.39, 0.29) is 5.82 Å². The molecule has 1 heterocycles. The maximum absolute atomic E-state index is 13.3. The van der Waals surface area contributed by atoms with Crippen LogP contribution in [0.25, 0.3) is 16.9 Å². The molecule has 0 radical (unpaired) electrons. The van der Waals surface area contributed by atoms with Crippen LogP contribution in [0.2, 0.25) is 0 Å². The number of nitrogens with zero attached hydrogens (tertiary/aromatic N) is 2. The Labute approximate surface area is 122 Å². The lowest BCUT2D eigenvalue weighted by Crippen LogP contribution is -2.04. The summed E-state index contributed by atoms with van der Waals surface area (Å²) in [7, 11) is 0. The van der Waals surface area contributed by atoms with Gasteiger partial charge in [0.1, 0.15) is 5.82 Å². The first kappa shape index (κ1) is 13.5. The zero-order valence-electron chi connectivity index (χ0n) is 11.8. The Balaban J connectivity index is 2.22. The van der Waals surface area contributed by atoms with Crippen LogP contribution in [-0.4, -0.2) is 9.78 Å². The molecule has 0 fully saturated rings. The molecule has 3 aromatic rings. The fourth-order valence-electron chi connectivity index (χ4n) is 2.47. The van der Waals surface area contributed by atoms with Gasteiger partial charge in [-0.2, -0.15) is 5.10 Å². The second-order valence-corrected chi connectivity index (χ2v) is 4.93. The molecule has 0 aliphatic rings. The van der Waals surface area contributed by atoms with Crippen molar-refractivity contribution in [1.29, 1.82) is 0 Å². The Kier molecular flexibility index (Phi) is 3.54. The largest absolute Gasteiger partial charge is 0.326 e. The minimum atomic E-state index is -0.247. The highest BCUT2D eigenvalue weighted by atomic mass is 19.1. The summed E-state index contributed by atoms with van der Waals surface area (Å²) in [6, 6.07) is 14.7. The van der Waals surface area contributed by atoms with E-state index in [1.54, 1.807) is 12.3 Å². The molecule has 2 aromatic carbocycles. The molecule has 3 rings (SSSR count). The number of aryl methyl sites for hydroxylation is 1. The summed E-state index contributed by atoms with van der Waals surface area (Å²) in [5.74, 6) is -0.247. The molecule has 21 heavy (non-hydrogen) atoms. The van der Waals surface area contributed by atoms with Crippen molar-refractivity contribution in [2.45, 2.75) is 13.5 Å². The van der Waals surface area contributed by atoms with Gasteiger partial charge in [-0.1, -0.05) is 30.3 Å². The van der Waals surface area contributed by atoms with Crippen LogP contribution >= 0.6 is 0 Å². The highest BCUT2D eigenvalue weighted by Crippen LogP contribution is 2.27. The van der Waals surface area contributed by atoms with Gasteiger partial charge in [-0.15, -0.1) is 0 Å². The molecule has 0 amide bonds. The first-order valence-corrected chi connectivity index (χ1v) is 6.79. The van der Waals surface area contributed by atoms with Gasteiger partial charge in [0, 0.05) is 17.7 Å². The fourth-order valence-corrected chi connectivity index (χ4v) is 2.47. The van der Waals surface area contributed by atoms with Gasteiger partial charge in [-0.05, 0) is 30.7 Å². The Hall–Kier alpha value is -2.46. The molecule has 0 aliphatic heterocycles. The van der Waals surface area contributed by atoms with Gasteiger partial charge in [0.2, 0.25) is 0 Å². The lowest BCUT2D eigenvalue weighted by Gasteiger charge is -2.12. The number of hydrogen-bond acceptors (Lipinski definition) is 2. The van der Waals surface area contributed by atoms with Crippen molar-refractivity contribution >= 4 is 0 Å². The van der Waals surface area contributed by atoms with Crippen LogP contribution in [-0.2, 0) is 6.54 Å². The van der Waals surface area contributed by atoms with Gasteiger partial charge in [0.05, 0.1) is 17.6 Å². The van der Waals surface area contributed by atoms with E-state index < -0.39 is 0 Å². The molecule has 0 saturated carbocycles. The first-order valence-electron chi connectivity index (χ1n) is 6.79. The second-order valence-electron chi connectivity index (χ2n) is 4.93. The molecule has 4 heteroatoms. The Morgan fingerprint density at radius 3 is 2.57 bits per heavy atom. The van der Waals surface area contributed by atoms with Crippen molar-refractivity contribution in [3.63, 3.8) is 0 Å². The number of benzene rings is 2. The van der Waals surface area contributed by atoms with Crippen molar-refractivity contribution in [2.24, 2.45) is 5.73 Å². The summed E-state index contributed by atoms with van der Waals surface area (Å²) in [6.45, 7) is 2.28. The van der Waals surface area contributed by atoms with Crippen molar-refractivity contribution < 1.29 is 4.39 Å². The predicted octanol–water partition coefficient (Wildman–Crippen LogP) is 3.45. The van der Waals surface area contributed by atoms with E-state index in [1.807, 2.05) is 41.9 Å². The molecular weight excluding hydrogens is 265 g/mol. The Morgan fingerprint density at radius 1 is 1.14 bits per heavy atom. The molecule has 3 nitrogen and oxygen atoms in total. The van der Waals surface area contributed by atoms with Crippen molar-refractivity contribution in [1.82, 2.24) is 9.78 Å². The van der Waals surface area contributed by atoms with E-state index >= 15 is 0 Å². The lowest BCUT2D eigenvalue weighted by atomic mass is 10.1. The highest BCUT2D eigenvalue weighted by Gasteiger charge is 2.14. The van der Waals surface area contributed by atoms with Gasteiger partial charge in [-0.25, -0.2) is 9.07 Å². The maximum atomic E-state index is 13.3. The van der Waals surface area contributed by atoms with Crippen LogP contribution in [0.5, 0.6) is 0 Å². The summed E-state index contributed by atoms with van der Waals surface area (Å²) < 4.78 is 15.1. The summed E-state index contributed by atoms with van der Waals surface area (Å²) >= 11 is 0. The molecule has 0 saturated heterocycles. The summed E-state index contributed by atoms with van der Waals surface area (Å²) in [6.07, 6.45) is 1.77. The van der Waals surface area contributed by atoms with Gasteiger partial charge in [0.25, 0.3) is 0 Å². The third-order valence-electron chi connectivity index (χ3n) is 3.50. The number of halogens is 1. The van der Waals surface area contributed by atoms with E-state index in [1.165, 1.54) is 12.1 Å². The molecule has 0 unspecified atom stereocenters. The number of rotatable bonds is 3. The third-order valence-corrected chi connectivity index (χ3v) is 3.50. The van der Waals surface area contributed by atoms with Gasteiger partial charge < -0.3 is 5.73 Å². The highest BCUT2D eigenvalue weighted by molar-refractivity contribution is 5.66. The number of nitrogens with two attached hydrogens (primary N) is 1. The lowest BCUT2D eigenvalue weighted by molar-refractivity contribution is 0.625. The van der Waals surface area contributed by atoms with Crippen molar-refractivity contribution in [2.75, 3.05) is 0 Å². The quantitative estimate of drug-likeness (QED) is 0.799. The van der Waals surface area contributed by atoms with Gasteiger partial charge >= 0.3 is 0 Å². The van der Waals surface area contributed by atoms with E-state index in [4.69, 9.17) is 5.73 Å². The number of aromatic nitrogens is 2. The van der Waals surface area contributed by atoms with Crippen molar-refractivity contribution in [3.05, 3.63) is 71.7 Å². The topological polar surface area (TPSA) is 43.8 Å². The smallest absolute Gasteiger partial charge is 0.123 e. The van der Waals surface area contributed by atoms with Gasteiger partial charge in [0.15, 0.2) is 0 Å². The zero-order valence-corrected chi connectivity index (χ0v) is 11.8. The molecule has 0 atom stereocenters. The average Bonchev–Trinajstić information content (AvgIpc) is 2.92. The van der Waals surface area contributed by atoms with Crippen LogP contribution in [0.4, 0.5) is 4.39 Å². The van der Waals surface area contributed by atoms with Crippen LogP contribution in [0.1, 0.15) is 11.1 Å². The summed E-state index contributed by atoms with van der Waals surface area (Å²) in [5, 5.41) is 4.44. The predicted molar refractivity (Wildman–Crippen MR) is 81.6 cm³/mol. The average molecular weight is 281 g/mol. The van der Waals surface area contributed by atoms with Crippen molar-refractivity contribution in [3.8, 4) is 16.9 Å². The molecule has 0 bridgehead atoms. The van der Waals surface area contributed by atoms with Crippen LogP contribution in [0.3, 0.4) is 0 Å². The fraction of sp³-hybridized carbons (Fsp3) is 0.118. The molecule has 2 N–H and O–H groups in total. The van der Waals surface area contributed by atoms with E-state index in [0.29, 0.717) is 6.54 Å². The summed E-state index contributed by atoms with van der Waals surface area (Å²) in [5.41, 5.74) is 10.5.